The van der Waals surface area contributed by atoms with Crippen LogP contribution in [0.15, 0.2) is 6.07 Å². The molecule has 0 fully saturated rings. The molecule has 1 aromatic rings. The molecule has 1 nitrogen and oxygen atoms in total. The van der Waals surface area contributed by atoms with Gasteiger partial charge in [0.05, 0.1) is 5.69 Å². The number of fused-ring (bicyclic) bond motifs is 1. The second-order valence-corrected chi connectivity index (χ2v) is 6.65. The number of anilines is 1. The van der Waals surface area contributed by atoms with Crippen LogP contribution in [0, 0.1) is 24.6 Å². The Kier molecular flexibility index (Phi) is 3.63. The third kappa shape index (κ3) is 1.96. The summed E-state index contributed by atoms with van der Waals surface area (Å²) < 4.78 is 14.8. The van der Waals surface area contributed by atoms with Crippen LogP contribution in [0.4, 0.5) is 10.1 Å². The van der Waals surface area contributed by atoms with Crippen molar-refractivity contribution in [3.8, 4) is 0 Å². The number of nitrogens with two attached hydrogens (primary N) is 1. The van der Waals surface area contributed by atoms with Gasteiger partial charge in [0.25, 0.3) is 0 Å². The standard InChI is InChI=1S/C17H26FN/c1-10(2)17(11(3)4)8-6-7-13-12(5)9-14(19)16(18)15(13)17/h9-11H,6-8,19H2,1-5H3. The van der Waals surface area contributed by atoms with E-state index in [1.165, 1.54) is 5.56 Å². The first-order valence-electron chi connectivity index (χ1n) is 7.40. The zero-order valence-electron chi connectivity index (χ0n) is 12.8. The summed E-state index contributed by atoms with van der Waals surface area (Å²) in [5.41, 5.74) is 9.41. The topological polar surface area (TPSA) is 26.0 Å². The lowest BCUT2D eigenvalue weighted by atomic mass is 9.57. The Labute approximate surface area is 116 Å². The van der Waals surface area contributed by atoms with Crippen LogP contribution < -0.4 is 5.73 Å². The zero-order valence-corrected chi connectivity index (χ0v) is 12.8. The molecule has 2 N–H and O–H groups in total. The van der Waals surface area contributed by atoms with Crippen LogP contribution >= 0.6 is 0 Å². The molecular formula is C17H26FN. The van der Waals surface area contributed by atoms with E-state index in [-0.39, 0.29) is 11.2 Å². The van der Waals surface area contributed by atoms with Gasteiger partial charge in [-0.1, -0.05) is 27.7 Å². The van der Waals surface area contributed by atoms with Crippen molar-refractivity contribution >= 4 is 5.69 Å². The molecule has 0 amide bonds. The molecule has 0 heterocycles. The average molecular weight is 263 g/mol. The second-order valence-electron chi connectivity index (χ2n) is 6.65. The molecule has 0 atom stereocenters. The highest BCUT2D eigenvalue weighted by Gasteiger charge is 2.44. The van der Waals surface area contributed by atoms with E-state index in [1.807, 2.05) is 0 Å². The van der Waals surface area contributed by atoms with Crippen molar-refractivity contribution in [1.82, 2.24) is 0 Å². The van der Waals surface area contributed by atoms with Crippen LogP contribution in [0.5, 0.6) is 0 Å². The van der Waals surface area contributed by atoms with Crippen molar-refractivity contribution in [1.29, 1.82) is 0 Å². The molecule has 2 heteroatoms. The van der Waals surface area contributed by atoms with Crippen LogP contribution in [0.1, 0.15) is 57.2 Å². The van der Waals surface area contributed by atoms with Crippen molar-refractivity contribution in [2.45, 2.75) is 59.3 Å². The van der Waals surface area contributed by atoms with E-state index in [9.17, 15) is 4.39 Å². The molecule has 0 spiro atoms. The molecule has 0 aliphatic heterocycles. The van der Waals surface area contributed by atoms with E-state index >= 15 is 0 Å². The third-order valence-corrected chi connectivity index (χ3v) is 5.17. The van der Waals surface area contributed by atoms with Crippen LogP contribution in [-0.4, -0.2) is 0 Å². The molecule has 106 valence electrons. The summed E-state index contributed by atoms with van der Waals surface area (Å²) in [5.74, 6) is 0.673. The lowest BCUT2D eigenvalue weighted by molar-refractivity contribution is 0.179. The highest BCUT2D eigenvalue weighted by molar-refractivity contribution is 5.55. The molecule has 19 heavy (non-hydrogen) atoms. The fourth-order valence-corrected chi connectivity index (χ4v) is 4.17. The molecule has 2 rings (SSSR count). The first-order chi connectivity index (χ1) is 8.82. The highest BCUT2D eigenvalue weighted by Crippen LogP contribution is 2.50. The molecule has 1 aliphatic rings. The van der Waals surface area contributed by atoms with Gasteiger partial charge in [-0.15, -0.1) is 0 Å². The van der Waals surface area contributed by atoms with E-state index < -0.39 is 0 Å². The Bertz CT molecular complexity index is 481. The quantitative estimate of drug-likeness (QED) is 0.775. The average Bonchev–Trinajstić information content (AvgIpc) is 2.34. The van der Waals surface area contributed by atoms with E-state index in [1.54, 1.807) is 6.07 Å². The number of hydrogen-bond donors (Lipinski definition) is 1. The molecule has 0 unspecified atom stereocenters. The van der Waals surface area contributed by atoms with Gasteiger partial charge >= 0.3 is 0 Å². The van der Waals surface area contributed by atoms with Gasteiger partial charge in [0.2, 0.25) is 0 Å². The largest absolute Gasteiger partial charge is 0.396 e. The monoisotopic (exact) mass is 263 g/mol. The SMILES string of the molecule is Cc1cc(N)c(F)c2c1CCCC2(C(C)C)C(C)C. The Morgan fingerprint density at radius 2 is 1.79 bits per heavy atom. The van der Waals surface area contributed by atoms with Gasteiger partial charge < -0.3 is 5.73 Å². The zero-order chi connectivity index (χ0) is 14.4. The minimum absolute atomic E-state index is 0.0716. The summed E-state index contributed by atoms with van der Waals surface area (Å²) in [6, 6.07) is 1.80. The number of hydrogen-bond acceptors (Lipinski definition) is 1. The van der Waals surface area contributed by atoms with Crippen molar-refractivity contribution < 1.29 is 4.39 Å². The highest BCUT2D eigenvalue weighted by atomic mass is 19.1. The first kappa shape index (κ1) is 14.4. The molecule has 0 saturated carbocycles. The summed E-state index contributed by atoms with van der Waals surface area (Å²) in [6.45, 7) is 10.9. The summed E-state index contributed by atoms with van der Waals surface area (Å²) in [5, 5.41) is 0. The molecule has 0 bridgehead atoms. The molecule has 1 aliphatic carbocycles. The van der Waals surface area contributed by atoms with Crippen LogP contribution in [-0.2, 0) is 11.8 Å². The van der Waals surface area contributed by atoms with E-state index in [0.717, 1.165) is 30.4 Å². The van der Waals surface area contributed by atoms with E-state index in [2.05, 4.69) is 34.6 Å². The first-order valence-corrected chi connectivity index (χ1v) is 7.40. The molecular weight excluding hydrogens is 237 g/mol. The summed E-state index contributed by atoms with van der Waals surface area (Å²) in [7, 11) is 0. The van der Waals surface area contributed by atoms with Gasteiger partial charge in [-0.25, -0.2) is 4.39 Å². The van der Waals surface area contributed by atoms with Gasteiger partial charge in [0, 0.05) is 11.0 Å². The maximum atomic E-state index is 14.8. The smallest absolute Gasteiger partial charge is 0.150 e. The van der Waals surface area contributed by atoms with Gasteiger partial charge in [-0.3, -0.25) is 0 Å². The van der Waals surface area contributed by atoms with E-state index in [4.69, 9.17) is 5.73 Å². The normalized spacial score (nSPS) is 17.9. The number of rotatable bonds is 2. The molecule has 0 radical (unpaired) electrons. The number of nitrogen functional groups attached to an aromatic ring is 1. The summed E-state index contributed by atoms with van der Waals surface area (Å²) >= 11 is 0. The Morgan fingerprint density at radius 3 is 2.32 bits per heavy atom. The molecule has 1 aromatic carbocycles. The summed E-state index contributed by atoms with van der Waals surface area (Å²) in [6.07, 6.45) is 3.20. The van der Waals surface area contributed by atoms with Crippen molar-refractivity contribution in [3.05, 3.63) is 28.6 Å². The minimum atomic E-state index is -0.164. The third-order valence-electron chi connectivity index (χ3n) is 5.17. The Morgan fingerprint density at radius 1 is 1.21 bits per heavy atom. The lowest BCUT2D eigenvalue weighted by Crippen LogP contribution is -2.42. The second kappa shape index (κ2) is 4.81. The van der Waals surface area contributed by atoms with Crippen molar-refractivity contribution in [2.75, 3.05) is 5.73 Å². The molecule has 0 aromatic heterocycles. The van der Waals surface area contributed by atoms with Gasteiger partial charge in [-0.05, 0) is 55.2 Å². The fraction of sp³-hybridized carbons (Fsp3) is 0.647. The van der Waals surface area contributed by atoms with E-state index in [0.29, 0.717) is 17.5 Å². The molecule has 0 saturated heterocycles. The lowest BCUT2D eigenvalue weighted by Gasteiger charge is -2.46. The minimum Gasteiger partial charge on any atom is -0.396 e. The Hall–Kier alpha value is -1.05. The van der Waals surface area contributed by atoms with Crippen LogP contribution in [0.3, 0.4) is 0 Å². The maximum absolute atomic E-state index is 14.8. The van der Waals surface area contributed by atoms with Crippen LogP contribution in [0.2, 0.25) is 0 Å². The predicted molar refractivity (Wildman–Crippen MR) is 79.8 cm³/mol. The van der Waals surface area contributed by atoms with Crippen LogP contribution in [0.25, 0.3) is 0 Å². The fourth-order valence-electron chi connectivity index (χ4n) is 4.17. The number of halogens is 1. The van der Waals surface area contributed by atoms with Gasteiger partial charge in [-0.2, -0.15) is 0 Å². The maximum Gasteiger partial charge on any atom is 0.150 e. The van der Waals surface area contributed by atoms with Gasteiger partial charge in [0.15, 0.2) is 0 Å². The Balaban J connectivity index is 2.80. The van der Waals surface area contributed by atoms with Crippen molar-refractivity contribution in [2.24, 2.45) is 11.8 Å². The number of benzene rings is 1. The van der Waals surface area contributed by atoms with Crippen molar-refractivity contribution in [3.63, 3.8) is 0 Å². The summed E-state index contributed by atoms with van der Waals surface area (Å²) in [4.78, 5) is 0. The number of aryl methyl sites for hydroxylation is 1. The predicted octanol–water partition coefficient (Wildman–Crippen LogP) is 4.60. The van der Waals surface area contributed by atoms with Gasteiger partial charge in [0.1, 0.15) is 5.82 Å².